The van der Waals surface area contributed by atoms with Crippen LogP contribution in [0.2, 0.25) is 0 Å². The second kappa shape index (κ2) is 8.29. The molecule has 2 aromatic carbocycles. The van der Waals surface area contributed by atoms with E-state index in [0.29, 0.717) is 24.0 Å². The van der Waals surface area contributed by atoms with Crippen molar-refractivity contribution < 1.29 is 13.2 Å². The molecule has 3 aromatic rings. The Morgan fingerprint density at radius 3 is 2.53 bits per heavy atom. The highest BCUT2D eigenvalue weighted by molar-refractivity contribution is 7.89. The number of sulfonamides is 1. The van der Waals surface area contributed by atoms with E-state index in [1.165, 1.54) is 29.0 Å². The summed E-state index contributed by atoms with van der Waals surface area (Å²) in [5.74, 6) is 1.12. The Bertz CT molecular complexity index is 1260. The van der Waals surface area contributed by atoms with Gasteiger partial charge in [-0.15, -0.1) is 0 Å². The van der Waals surface area contributed by atoms with Gasteiger partial charge >= 0.3 is 5.69 Å². The summed E-state index contributed by atoms with van der Waals surface area (Å²) in [7, 11) is -3.70. The van der Waals surface area contributed by atoms with E-state index >= 15 is 0 Å². The third-order valence-corrected chi connectivity index (χ3v) is 6.20. The highest BCUT2D eigenvalue weighted by atomic mass is 32.2. The van der Waals surface area contributed by atoms with Crippen molar-refractivity contribution in [3.63, 3.8) is 0 Å². The van der Waals surface area contributed by atoms with Crippen LogP contribution in [0.4, 0.5) is 0 Å². The number of nitrogens with zero attached hydrogens (tertiary/aromatic N) is 1. The molecule has 9 heteroatoms. The number of ether oxygens (including phenoxy) is 1. The van der Waals surface area contributed by atoms with E-state index in [9.17, 15) is 18.0 Å². The lowest BCUT2D eigenvalue weighted by atomic mass is 10.2. The number of rotatable bonds is 8. The Labute approximate surface area is 173 Å². The van der Waals surface area contributed by atoms with Crippen molar-refractivity contribution in [2.45, 2.75) is 24.3 Å². The first-order chi connectivity index (χ1) is 14.4. The van der Waals surface area contributed by atoms with Gasteiger partial charge in [0.1, 0.15) is 5.75 Å². The summed E-state index contributed by atoms with van der Waals surface area (Å²) >= 11 is 0. The van der Waals surface area contributed by atoms with Crippen molar-refractivity contribution in [2.75, 3.05) is 6.61 Å². The molecule has 0 aliphatic heterocycles. The van der Waals surface area contributed by atoms with Gasteiger partial charge in [0.05, 0.1) is 17.2 Å². The molecule has 1 saturated carbocycles. The van der Waals surface area contributed by atoms with Crippen molar-refractivity contribution >= 4 is 10.0 Å². The average molecular weight is 427 g/mol. The van der Waals surface area contributed by atoms with Crippen molar-refractivity contribution in [3.8, 4) is 11.4 Å². The van der Waals surface area contributed by atoms with E-state index in [1.807, 2.05) is 0 Å². The quantitative estimate of drug-likeness (QED) is 0.570. The van der Waals surface area contributed by atoms with Crippen LogP contribution in [0.1, 0.15) is 18.4 Å². The molecule has 0 amide bonds. The van der Waals surface area contributed by atoms with E-state index in [0.717, 1.165) is 18.4 Å². The van der Waals surface area contributed by atoms with Crippen LogP contribution < -0.4 is 20.7 Å². The second-order valence-corrected chi connectivity index (χ2v) is 8.97. The Morgan fingerprint density at radius 2 is 1.83 bits per heavy atom. The molecule has 1 aliphatic carbocycles. The zero-order valence-corrected chi connectivity index (χ0v) is 16.9. The summed E-state index contributed by atoms with van der Waals surface area (Å²) in [5, 5.41) is 0. The van der Waals surface area contributed by atoms with Gasteiger partial charge in [-0.25, -0.2) is 17.9 Å². The molecule has 156 valence electrons. The van der Waals surface area contributed by atoms with Crippen LogP contribution in [0, 0.1) is 5.92 Å². The van der Waals surface area contributed by atoms with Crippen LogP contribution in [0.5, 0.6) is 5.75 Å². The van der Waals surface area contributed by atoms with E-state index in [4.69, 9.17) is 4.74 Å². The van der Waals surface area contributed by atoms with Gasteiger partial charge in [-0.3, -0.25) is 14.3 Å². The zero-order valence-electron chi connectivity index (χ0n) is 16.1. The summed E-state index contributed by atoms with van der Waals surface area (Å²) in [5.41, 5.74) is 0.272. The lowest BCUT2D eigenvalue weighted by molar-refractivity contribution is 0.299. The summed E-state index contributed by atoms with van der Waals surface area (Å²) < 4.78 is 34.8. The molecule has 1 fully saturated rings. The minimum Gasteiger partial charge on any atom is -0.493 e. The van der Waals surface area contributed by atoms with Crippen LogP contribution in [0.25, 0.3) is 5.69 Å². The van der Waals surface area contributed by atoms with Gasteiger partial charge in [0, 0.05) is 24.9 Å². The molecule has 1 heterocycles. The number of hydrogen-bond donors (Lipinski definition) is 2. The van der Waals surface area contributed by atoms with E-state index < -0.39 is 21.3 Å². The molecule has 0 saturated heterocycles. The van der Waals surface area contributed by atoms with Crippen LogP contribution >= 0.6 is 0 Å². The molecule has 8 nitrogen and oxygen atoms in total. The fourth-order valence-corrected chi connectivity index (χ4v) is 3.94. The fourth-order valence-electron chi connectivity index (χ4n) is 2.89. The maximum absolute atomic E-state index is 12.6. The Balaban J connectivity index is 1.42. The van der Waals surface area contributed by atoms with E-state index in [-0.39, 0.29) is 11.4 Å². The van der Waals surface area contributed by atoms with Crippen molar-refractivity contribution in [3.05, 3.63) is 87.2 Å². The lowest BCUT2D eigenvalue weighted by Gasteiger charge is -2.10. The monoisotopic (exact) mass is 427 g/mol. The molecule has 30 heavy (non-hydrogen) atoms. The fraction of sp³-hybridized carbons (Fsp3) is 0.238. The highest BCUT2D eigenvalue weighted by Gasteiger charge is 2.22. The molecule has 4 rings (SSSR count). The number of aromatic amines is 1. The first kappa shape index (κ1) is 20.1. The third kappa shape index (κ3) is 4.87. The SMILES string of the molecule is O=c1ccn(-c2ccc(CNS(=O)(=O)c3cccc(OCC4CC4)c3)cc2)c(=O)[nH]1. The standard InChI is InChI=1S/C21H21N3O5S/c25-20-10-11-24(21(26)23-20)17-8-6-15(7-9-17)13-22-30(27,28)19-3-1-2-18(12-19)29-14-16-4-5-16/h1-3,6-12,16,22H,4-5,13-14H2,(H,23,25,26). The number of H-pyrrole nitrogens is 1. The predicted octanol–water partition coefficient (Wildman–Crippen LogP) is 1.79. The molecule has 2 N–H and O–H groups in total. The molecule has 0 bridgehead atoms. The topological polar surface area (TPSA) is 110 Å². The molecule has 1 aromatic heterocycles. The molecular formula is C21H21N3O5S. The van der Waals surface area contributed by atoms with E-state index in [1.54, 1.807) is 36.4 Å². The van der Waals surface area contributed by atoms with Gasteiger partial charge in [-0.1, -0.05) is 18.2 Å². The van der Waals surface area contributed by atoms with E-state index in [2.05, 4.69) is 9.71 Å². The summed E-state index contributed by atoms with van der Waals surface area (Å²) in [6.07, 6.45) is 3.71. The summed E-state index contributed by atoms with van der Waals surface area (Å²) in [4.78, 5) is 25.4. The van der Waals surface area contributed by atoms with Crippen LogP contribution in [0.3, 0.4) is 0 Å². The maximum atomic E-state index is 12.6. The molecule has 0 spiro atoms. The van der Waals surface area contributed by atoms with Crippen molar-refractivity contribution in [1.29, 1.82) is 0 Å². The maximum Gasteiger partial charge on any atom is 0.332 e. The number of aromatic nitrogens is 2. The zero-order chi connectivity index (χ0) is 21.1. The minimum atomic E-state index is -3.70. The van der Waals surface area contributed by atoms with Crippen LogP contribution in [-0.2, 0) is 16.6 Å². The predicted molar refractivity (Wildman–Crippen MR) is 111 cm³/mol. The van der Waals surface area contributed by atoms with Crippen molar-refractivity contribution in [1.82, 2.24) is 14.3 Å². The first-order valence-electron chi connectivity index (χ1n) is 9.54. The number of nitrogens with one attached hydrogen (secondary N) is 2. The Kier molecular flexibility index (Phi) is 5.56. The van der Waals surface area contributed by atoms with Gasteiger partial charge in [-0.05, 0) is 48.6 Å². The van der Waals surface area contributed by atoms with Gasteiger partial charge in [-0.2, -0.15) is 0 Å². The van der Waals surface area contributed by atoms with Crippen LogP contribution in [-0.4, -0.2) is 24.6 Å². The largest absolute Gasteiger partial charge is 0.493 e. The number of hydrogen-bond acceptors (Lipinski definition) is 5. The third-order valence-electron chi connectivity index (χ3n) is 4.80. The summed E-state index contributed by atoms with van der Waals surface area (Å²) in [6.45, 7) is 0.706. The smallest absolute Gasteiger partial charge is 0.332 e. The van der Waals surface area contributed by atoms with Crippen LogP contribution in [0.15, 0.2) is 75.3 Å². The normalized spacial score (nSPS) is 13.9. The van der Waals surface area contributed by atoms with Gasteiger partial charge in [0.15, 0.2) is 0 Å². The highest BCUT2D eigenvalue weighted by Crippen LogP contribution is 2.30. The average Bonchev–Trinajstić information content (AvgIpc) is 3.56. The van der Waals surface area contributed by atoms with Gasteiger partial charge in [0.2, 0.25) is 10.0 Å². The Morgan fingerprint density at radius 1 is 1.07 bits per heavy atom. The van der Waals surface area contributed by atoms with Crippen molar-refractivity contribution in [2.24, 2.45) is 5.92 Å². The summed E-state index contributed by atoms with van der Waals surface area (Å²) in [6, 6.07) is 14.5. The van der Waals surface area contributed by atoms with Gasteiger partial charge < -0.3 is 4.74 Å². The minimum absolute atomic E-state index is 0.0935. The molecule has 0 radical (unpaired) electrons. The molecular weight excluding hydrogens is 406 g/mol. The van der Waals surface area contributed by atoms with Gasteiger partial charge in [0.25, 0.3) is 5.56 Å². The molecule has 0 unspecified atom stereocenters. The second-order valence-electron chi connectivity index (χ2n) is 7.20. The molecule has 0 atom stereocenters. The lowest BCUT2D eigenvalue weighted by Crippen LogP contribution is -2.27. The Hall–Kier alpha value is -3.17. The number of benzene rings is 2. The first-order valence-corrected chi connectivity index (χ1v) is 11.0. The molecule has 1 aliphatic rings.